The first-order valence-electron chi connectivity index (χ1n) is 5.38. The highest BCUT2D eigenvalue weighted by molar-refractivity contribution is 8.77. The largest absolute Gasteiger partial charge is 0.480 e. The Morgan fingerprint density at radius 1 is 1.44 bits per heavy atom. The van der Waals surface area contributed by atoms with Gasteiger partial charge in [0.25, 0.3) is 0 Å². The van der Waals surface area contributed by atoms with Gasteiger partial charge in [-0.1, -0.05) is 27.7 Å². The molecule has 0 heterocycles. The molecule has 104 valence electrons. The highest BCUT2D eigenvalue weighted by Gasteiger charge is 2.23. The molecule has 0 saturated heterocycles. The van der Waals surface area contributed by atoms with E-state index in [1.807, 2.05) is 18.4 Å². The van der Waals surface area contributed by atoms with Gasteiger partial charge in [0.1, 0.15) is 11.6 Å². The Labute approximate surface area is 115 Å². The fourth-order valence-corrected chi connectivity index (χ4v) is 2.67. The first kappa shape index (κ1) is 17.2. The molecule has 0 fully saturated rings. The smallest absolute Gasteiger partial charge is 0.408 e. The lowest BCUT2D eigenvalue weighted by Gasteiger charge is -2.21. The van der Waals surface area contributed by atoms with E-state index >= 15 is 0 Å². The van der Waals surface area contributed by atoms with Gasteiger partial charge in [0.05, 0.1) is 0 Å². The van der Waals surface area contributed by atoms with Crippen molar-refractivity contribution in [2.75, 3.05) is 5.75 Å². The van der Waals surface area contributed by atoms with Gasteiger partial charge in [0.2, 0.25) is 0 Å². The number of rotatable bonds is 6. The van der Waals surface area contributed by atoms with Crippen LogP contribution >= 0.6 is 21.6 Å². The quantitative estimate of drug-likeness (QED) is 0.579. The Morgan fingerprint density at radius 3 is 2.50 bits per heavy atom. The van der Waals surface area contributed by atoms with Gasteiger partial charge >= 0.3 is 12.1 Å². The van der Waals surface area contributed by atoms with Gasteiger partial charge in [-0.2, -0.15) is 0 Å². The van der Waals surface area contributed by atoms with Gasteiger partial charge in [-0.3, -0.25) is 0 Å². The molecule has 0 aromatic heterocycles. The van der Waals surface area contributed by atoms with Crippen LogP contribution in [0.15, 0.2) is 11.5 Å². The maximum atomic E-state index is 11.4. The number of carboxylic acid groups (broad SMARTS) is 1. The molecule has 0 aliphatic carbocycles. The molecule has 0 rings (SSSR count). The average Bonchev–Trinajstić information content (AvgIpc) is 2.19. The van der Waals surface area contributed by atoms with Gasteiger partial charge in [0, 0.05) is 5.75 Å². The van der Waals surface area contributed by atoms with Crippen LogP contribution in [0.2, 0.25) is 0 Å². The van der Waals surface area contributed by atoms with Crippen LogP contribution in [0.4, 0.5) is 4.79 Å². The Balaban J connectivity index is 4.19. The van der Waals surface area contributed by atoms with Gasteiger partial charge in [-0.05, 0) is 33.1 Å². The fraction of sp³-hybridized carbons (Fsp3) is 0.636. The fourth-order valence-electron chi connectivity index (χ4n) is 0.827. The summed E-state index contributed by atoms with van der Waals surface area (Å²) in [5, 5.41) is 13.1. The summed E-state index contributed by atoms with van der Waals surface area (Å²) >= 11 is 0. The third kappa shape index (κ3) is 9.23. The lowest BCUT2D eigenvalue weighted by molar-refractivity contribution is -0.138. The van der Waals surface area contributed by atoms with Crippen LogP contribution in [-0.2, 0) is 9.53 Å². The molecule has 0 spiro atoms. The van der Waals surface area contributed by atoms with Gasteiger partial charge in [-0.15, -0.1) is 0 Å². The Hall–Kier alpha value is -0.820. The van der Waals surface area contributed by atoms with Crippen molar-refractivity contribution in [3.63, 3.8) is 0 Å². The SMILES string of the molecule is C/C=C/SSC[C@H](NC(=O)OC(C)(C)C)C(=O)O. The highest BCUT2D eigenvalue weighted by atomic mass is 33.1. The molecule has 0 aliphatic rings. The predicted octanol–water partition coefficient (Wildman–Crippen LogP) is 2.88. The van der Waals surface area contributed by atoms with Crippen molar-refractivity contribution < 1.29 is 19.4 Å². The second-order valence-corrected chi connectivity index (χ2v) is 6.71. The maximum absolute atomic E-state index is 11.4. The van der Waals surface area contributed by atoms with Gasteiger partial charge in [0.15, 0.2) is 0 Å². The standard InChI is InChI=1S/C11H19NO4S2/c1-5-6-17-18-7-8(9(13)14)12-10(15)16-11(2,3)4/h5-6,8H,7H2,1-4H3,(H,12,15)(H,13,14)/b6-5+/t8-/m0/s1. The van der Waals surface area contributed by atoms with Crippen LogP contribution in [0.1, 0.15) is 27.7 Å². The number of allylic oxidation sites excluding steroid dienone is 1. The third-order valence-electron chi connectivity index (χ3n) is 1.48. The van der Waals surface area contributed by atoms with Crippen molar-refractivity contribution >= 4 is 33.7 Å². The molecule has 0 aromatic carbocycles. The monoisotopic (exact) mass is 293 g/mol. The van der Waals surface area contributed by atoms with Crippen molar-refractivity contribution in [1.29, 1.82) is 0 Å². The van der Waals surface area contributed by atoms with E-state index in [2.05, 4.69) is 5.32 Å². The zero-order valence-corrected chi connectivity index (χ0v) is 12.6. The molecule has 0 unspecified atom stereocenters. The predicted molar refractivity (Wildman–Crippen MR) is 75.7 cm³/mol. The molecule has 1 atom stereocenters. The molecule has 0 aliphatic heterocycles. The number of hydrogen-bond donors (Lipinski definition) is 2. The zero-order chi connectivity index (χ0) is 14.2. The summed E-state index contributed by atoms with van der Waals surface area (Å²) in [6.45, 7) is 7.04. The van der Waals surface area contributed by atoms with E-state index in [1.54, 1.807) is 20.8 Å². The average molecular weight is 293 g/mol. The van der Waals surface area contributed by atoms with E-state index in [0.29, 0.717) is 0 Å². The Morgan fingerprint density at radius 2 is 2.06 bits per heavy atom. The van der Waals surface area contributed by atoms with E-state index in [9.17, 15) is 9.59 Å². The van der Waals surface area contributed by atoms with E-state index in [0.717, 1.165) is 0 Å². The third-order valence-corrected chi connectivity index (χ3v) is 3.62. The molecular weight excluding hydrogens is 274 g/mol. The highest BCUT2D eigenvalue weighted by Crippen LogP contribution is 2.23. The summed E-state index contributed by atoms with van der Waals surface area (Å²) in [6, 6.07) is -0.956. The van der Waals surface area contributed by atoms with E-state index in [-0.39, 0.29) is 5.75 Å². The number of aliphatic carboxylic acids is 1. The van der Waals surface area contributed by atoms with Crippen LogP contribution < -0.4 is 5.32 Å². The van der Waals surface area contributed by atoms with Crippen LogP contribution in [-0.4, -0.2) is 34.6 Å². The summed E-state index contributed by atoms with van der Waals surface area (Å²) in [7, 11) is 2.77. The number of nitrogens with one attached hydrogen (secondary N) is 1. The minimum atomic E-state index is -1.07. The van der Waals surface area contributed by atoms with Crippen LogP contribution in [0.25, 0.3) is 0 Å². The number of amides is 1. The van der Waals surface area contributed by atoms with Crippen molar-refractivity contribution in [3.05, 3.63) is 11.5 Å². The first-order chi connectivity index (χ1) is 8.26. The number of ether oxygens (including phenoxy) is 1. The van der Waals surface area contributed by atoms with Crippen molar-refractivity contribution in [1.82, 2.24) is 5.32 Å². The van der Waals surface area contributed by atoms with Gasteiger partial charge in [-0.25, -0.2) is 9.59 Å². The lowest BCUT2D eigenvalue weighted by atomic mass is 10.2. The first-order valence-corrected chi connectivity index (χ1v) is 7.76. The molecule has 0 saturated carbocycles. The van der Waals surface area contributed by atoms with Crippen molar-refractivity contribution in [2.45, 2.75) is 39.3 Å². The normalized spacial score (nSPS) is 13.3. The van der Waals surface area contributed by atoms with Crippen LogP contribution in [0.3, 0.4) is 0 Å². The number of hydrogen-bond acceptors (Lipinski definition) is 5. The maximum Gasteiger partial charge on any atom is 0.408 e. The number of carbonyl (C=O) groups is 2. The zero-order valence-electron chi connectivity index (χ0n) is 10.9. The summed E-state index contributed by atoms with van der Waals surface area (Å²) in [5.41, 5.74) is -0.639. The minimum absolute atomic E-state index is 0.267. The van der Waals surface area contributed by atoms with Crippen molar-refractivity contribution in [2.24, 2.45) is 0 Å². The summed E-state index contributed by atoms with van der Waals surface area (Å²) < 4.78 is 5.00. The topological polar surface area (TPSA) is 75.6 Å². The van der Waals surface area contributed by atoms with E-state index < -0.39 is 23.7 Å². The molecule has 0 bridgehead atoms. The summed E-state index contributed by atoms with van der Waals surface area (Å²) in [5.74, 6) is -0.807. The summed E-state index contributed by atoms with van der Waals surface area (Å²) in [4.78, 5) is 22.4. The molecule has 7 heteroatoms. The van der Waals surface area contributed by atoms with E-state index in [4.69, 9.17) is 9.84 Å². The lowest BCUT2D eigenvalue weighted by Crippen LogP contribution is -2.44. The second kappa shape index (κ2) is 8.31. The number of alkyl carbamates (subject to hydrolysis) is 1. The molecule has 5 nitrogen and oxygen atoms in total. The Bertz CT molecular complexity index is 313. The Kier molecular flexibility index (Phi) is 7.93. The number of carboxylic acids is 1. The molecule has 0 aromatic rings. The molecule has 0 radical (unpaired) electrons. The van der Waals surface area contributed by atoms with Crippen molar-refractivity contribution in [3.8, 4) is 0 Å². The van der Waals surface area contributed by atoms with Crippen LogP contribution in [0.5, 0.6) is 0 Å². The van der Waals surface area contributed by atoms with Gasteiger partial charge < -0.3 is 15.2 Å². The number of carbonyl (C=O) groups excluding carboxylic acids is 1. The molecular formula is C11H19NO4S2. The second-order valence-electron chi connectivity index (χ2n) is 4.39. The minimum Gasteiger partial charge on any atom is -0.480 e. The molecule has 18 heavy (non-hydrogen) atoms. The molecule has 2 N–H and O–H groups in total. The van der Waals surface area contributed by atoms with Crippen LogP contribution in [0, 0.1) is 0 Å². The summed E-state index contributed by atoms with van der Waals surface area (Å²) in [6.07, 6.45) is 1.14. The van der Waals surface area contributed by atoms with E-state index in [1.165, 1.54) is 21.6 Å². The molecule has 1 amide bonds.